The predicted molar refractivity (Wildman–Crippen MR) is 75.3 cm³/mol. The van der Waals surface area contributed by atoms with Crippen LogP contribution in [0, 0.1) is 6.92 Å². The molecule has 0 saturated carbocycles. The highest BCUT2D eigenvalue weighted by molar-refractivity contribution is 5.91. The lowest BCUT2D eigenvalue weighted by Crippen LogP contribution is -2.15. The molecule has 0 fully saturated rings. The van der Waals surface area contributed by atoms with Crippen molar-refractivity contribution in [1.82, 2.24) is 10.1 Å². The standard InChI is InChI=1S/C15H13N3O2/c1-10-8-14(18-20-10)17-15(19)9-12-7-6-11-4-2-3-5-13(11)16-12/h2-8H,9H2,1H3,(H,17,18,19). The monoisotopic (exact) mass is 267 g/mol. The van der Waals surface area contributed by atoms with E-state index in [-0.39, 0.29) is 12.3 Å². The number of carbonyl (C=O) groups excluding carboxylic acids is 1. The zero-order valence-electron chi connectivity index (χ0n) is 11.0. The van der Waals surface area contributed by atoms with E-state index in [1.54, 1.807) is 13.0 Å². The molecule has 1 aromatic carbocycles. The molecule has 5 heteroatoms. The molecule has 2 aromatic heterocycles. The van der Waals surface area contributed by atoms with Gasteiger partial charge in [0.15, 0.2) is 5.82 Å². The van der Waals surface area contributed by atoms with Crippen LogP contribution in [0.4, 0.5) is 5.82 Å². The molecule has 0 spiro atoms. The number of pyridine rings is 1. The molecule has 100 valence electrons. The number of fused-ring (bicyclic) bond motifs is 1. The molecule has 0 atom stereocenters. The fourth-order valence-electron chi connectivity index (χ4n) is 1.98. The van der Waals surface area contributed by atoms with E-state index >= 15 is 0 Å². The van der Waals surface area contributed by atoms with Gasteiger partial charge in [-0.15, -0.1) is 0 Å². The van der Waals surface area contributed by atoms with Crippen molar-refractivity contribution in [2.24, 2.45) is 0 Å². The van der Waals surface area contributed by atoms with Crippen molar-refractivity contribution in [3.8, 4) is 0 Å². The summed E-state index contributed by atoms with van der Waals surface area (Å²) in [7, 11) is 0. The Hall–Kier alpha value is -2.69. The van der Waals surface area contributed by atoms with Crippen LogP contribution in [0.3, 0.4) is 0 Å². The molecule has 0 aliphatic carbocycles. The minimum absolute atomic E-state index is 0.166. The smallest absolute Gasteiger partial charge is 0.231 e. The van der Waals surface area contributed by atoms with Gasteiger partial charge in [0.2, 0.25) is 5.91 Å². The van der Waals surface area contributed by atoms with E-state index in [0.29, 0.717) is 11.6 Å². The lowest BCUT2D eigenvalue weighted by molar-refractivity contribution is -0.115. The second kappa shape index (κ2) is 5.13. The van der Waals surface area contributed by atoms with Crippen molar-refractivity contribution >= 4 is 22.6 Å². The van der Waals surface area contributed by atoms with Gasteiger partial charge in [0.1, 0.15) is 5.76 Å². The van der Waals surface area contributed by atoms with Gasteiger partial charge < -0.3 is 9.84 Å². The topological polar surface area (TPSA) is 68.0 Å². The Bertz CT molecular complexity index is 764. The summed E-state index contributed by atoms with van der Waals surface area (Å²) >= 11 is 0. The first kappa shape index (κ1) is 12.3. The predicted octanol–water partition coefficient (Wildman–Crippen LogP) is 2.71. The molecule has 2 heterocycles. The lowest BCUT2D eigenvalue weighted by atomic mass is 10.2. The largest absolute Gasteiger partial charge is 0.360 e. The summed E-state index contributed by atoms with van der Waals surface area (Å²) in [4.78, 5) is 16.4. The van der Waals surface area contributed by atoms with Gasteiger partial charge in [0.25, 0.3) is 0 Å². The van der Waals surface area contributed by atoms with Crippen LogP contribution in [0.5, 0.6) is 0 Å². The lowest BCUT2D eigenvalue weighted by Gasteiger charge is -2.03. The number of aromatic nitrogens is 2. The highest BCUT2D eigenvalue weighted by Crippen LogP contribution is 2.13. The minimum atomic E-state index is -0.166. The summed E-state index contributed by atoms with van der Waals surface area (Å²) in [5.41, 5.74) is 1.61. The van der Waals surface area contributed by atoms with Crippen molar-refractivity contribution in [2.75, 3.05) is 5.32 Å². The van der Waals surface area contributed by atoms with Gasteiger partial charge in [-0.1, -0.05) is 29.4 Å². The number of carbonyl (C=O) groups is 1. The van der Waals surface area contributed by atoms with E-state index in [2.05, 4.69) is 15.5 Å². The third-order valence-corrected chi connectivity index (χ3v) is 2.89. The molecule has 5 nitrogen and oxygen atoms in total. The number of hydrogen-bond acceptors (Lipinski definition) is 4. The van der Waals surface area contributed by atoms with E-state index < -0.39 is 0 Å². The average molecular weight is 267 g/mol. The van der Waals surface area contributed by atoms with Crippen molar-refractivity contribution < 1.29 is 9.32 Å². The Balaban J connectivity index is 1.73. The fourth-order valence-corrected chi connectivity index (χ4v) is 1.98. The summed E-state index contributed by atoms with van der Waals surface area (Å²) in [6, 6.07) is 13.3. The number of amides is 1. The van der Waals surface area contributed by atoms with E-state index in [4.69, 9.17) is 4.52 Å². The number of anilines is 1. The number of rotatable bonds is 3. The van der Waals surface area contributed by atoms with E-state index in [0.717, 1.165) is 16.6 Å². The number of aryl methyl sites for hydroxylation is 1. The molecule has 20 heavy (non-hydrogen) atoms. The average Bonchev–Trinajstić information content (AvgIpc) is 2.83. The normalized spacial score (nSPS) is 10.7. The summed E-state index contributed by atoms with van der Waals surface area (Å²) in [6.07, 6.45) is 0.205. The third kappa shape index (κ3) is 2.66. The fraction of sp³-hybridized carbons (Fsp3) is 0.133. The summed E-state index contributed by atoms with van der Waals surface area (Å²) in [5, 5.41) is 7.45. The Morgan fingerprint density at radius 1 is 1.25 bits per heavy atom. The van der Waals surface area contributed by atoms with Crippen molar-refractivity contribution in [3.05, 3.63) is 53.9 Å². The molecule has 0 unspecified atom stereocenters. The number of hydrogen-bond donors (Lipinski definition) is 1. The first-order valence-electron chi connectivity index (χ1n) is 6.28. The van der Waals surface area contributed by atoms with Gasteiger partial charge in [-0.05, 0) is 19.1 Å². The second-order valence-corrected chi connectivity index (χ2v) is 4.54. The van der Waals surface area contributed by atoms with Crippen molar-refractivity contribution in [3.63, 3.8) is 0 Å². The zero-order chi connectivity index (χ0) is 13.9. The van der Waals surface area contributed by atoms with Gasteiger partial charge in [-0.25, -0.2) is 0 Å². The maximum absolute atomic E-state index is 11.9. The molecular formula is C15H13N3O2. The molecular weight excluding hydrogens is 254 g/mol. The van der Waals surface area contributed by atoms with Crippen LogP contribution < -0.4 is 5.32 Å². The van der Waals surface area contributed by atoms with Crippen LogP contribution in [0.2, 0.25) is 0 Å². The van der Waals surface area contributed by atoms with E-state index in [1.165, 1.54) is 0 Å². The van der Waals surface area contributed by atoms with E-state index in [9.17, 15) is 4.79 Å². The number of para-hydroxylation sites is 1. The summed E-state index contributed by atoms with van der Waals surface area (Å²) < 4.78 is 4.89. The van der Waals surface area contributed by atoms with Gasteiger partial charge in [0.05, 0.1) is 17.6 Å². The summed E-state index contributed by atoms with van der Waals surface area (Å²) in [6.45, 7) is 1.77. The molecule has 0 aliphatic rings. The van der Waals surface area contributed by atoms with Crippen LogP contribution in [0.25, 0.3) is 10.9 Å². The quantitative estimate of drug-likeness (QED) is 0.792. The number of nitrogens with zero attached hydrogens (tertiary/aromatic N) is 2. The second-order valence-electron chi connectivity index (χ2n) is 4.54. The van der Waals surface area contributed by atoms with Crippen LogP contribution in [0.1, 0.15) is 11.5 Å². The first-order chi connectivity index (χ1) is 9.70. The highest BCUT2D eigenvalue weighted by Gasteiger charge is 2.08. The summed E-state index contributed by atoms with van der Waals surface area (Å²) in [5.74, 6) is 0.915. The molecule has 0 bridgehead atoms. The molecule has 3 aromatic rings. The molecule has 1 N–H and O–H groups in total. The maximum Gasteiger partial charge on any atom is 0.231 e. The van der Waals surface area contributed by atoms with Crippen molar-refractivity contribution in [1.29, 1.82) is 0 Å². The van der Waals surface area contributed by atoms with Crippen LogP contribution in [0.15, 0.2) is 47.0 Å². The van der Waals surface area contributed by atoms with Gasteiger partial charge >= 0.3 is 0 Å². The Morgan fingerprint density at radius 2 is 2.10 bits per heavy atom. The zero-order valence-corrected chi connectivity index (χ0v) is 11.0. The Labute approximate surface area is 115 Å². The first-order valence-corrected chi connectivity index (χ1v) is 6.28. The molecule has 1 amide bonds. The van der Waals surface area contributed by atoms with Crippen LogP contribution >= 0.6 is 0 Å². The maximum atomic E-state index is 11.9. The van der Waals surface area contributed by atoms with Gasteiger partial charge in [-0.3, -0.25) is 9.78 Å². The van der Waals surface area contributed by atoms with Gasteiger partial charge in [0, 0.05) is 11.5 Å². The van der Waals surface area contributed by atoms with Gasteiger partial charge in [-0.2, -0.15) is 0 Å². The van der Waals surface area contributed by atoms with Crippen LogP contribution in [-0.4, -0.2) is 16.0 Å². The highest BCUT2D eigenvalue weighted by atomic mass is 16.5. The molecule has 0 saturated heterocycles. The Kier molecular flexibility index (Phi) is 3.16. The number of benzene rings is 1. The Morgan fingerprint density at radius 3 is 2.90 bits per heavy atom. The third-order valence-electron chi connectivity index (χ3n) is 2.89. The molecule has 3 rings (SSSR count). The SMILES string of the molecule is Cc1cc(NC(=O)Cc2ccc3ccccc3n2)no1. The van der Waals surface area contributed by atoms with Crippen LogP contribution in [-0.2, 0) is 11.2 Å². The molecule has 0 radical (unpaired) electrons. The number of nitrogens with one attached hydrogen (secondary N) is 1. The minimum Gasteiger partial charge on any atom is -0.360 e. The molecule has 0 aliphatic heterocycles. The van der Waals surface area contributed by atoms with E-state index in [1.807, 2.05) is 36.4 Å². The van der Waals surface area contributed by atoms with Crippen molar-refractivity contribution in [2.45, 2.75) is 13.3 Å².